The summed E-state index contributed by atoms with van der Waals surface area (Å²) in [5.74, 6) is 3.50. The van der Waals surface area contributed by atoms with Crippen LogP contribution in [0.5, 0.6) is 23.0 Å². The molecule has 34 heavy (non-hydrogen) atoms. The van der Waals surface area contributed by atoms with Crippen LogP contribution in [-0.2, 0) is 6.54 Å². The monoisotopic (exact) mass is 486 g/mol. The number of aromatic nitrogens is 2. The fraction of sp³-hybridized carbons (Fsp3) is 0.440. The first-order valence-corrected chi connectivity index (χ1v) is 11.8. The van der Waals surface area contributed by atoms with Gasteiger partial charge < -0.3 is 24.3 Å². The highest BCUT2D eigenvalue weighted by Gasteiger charge is 2.22. The van der Waals surface area contributed by atoms with Crippen molar-refractivity contribution in [2.24, 2.45) is 0 Å². The van der Waals surface area contributed by atoms with Crippen LogP contribution < -0.4 is 24.3 Å². The van der Waals surface area contributed by atoms with E-state index < -0.39 is 0 Å². The predicted molar refractivity (Wildman–Crippen MR) is 134 cm³/mol. The van der Waals surface area contributed by atoms with Crippen molar-refractivity contribution < 1.29 is 18.9 Å². The molecule has 0 unspecified atom stereocenters. The molecule has 0 spiro atoms. The van der Waals surface area contributed by atoms with Crippen molar-refractivity contribution in [2.45, 2.75) is 32.4 Å². The summed E-state index contributed by atoms with van der Waals surface area (Å²) < 4.78 is 22.0. The van der Waals surface area contributed by atoms with Crippen molar-refractivity contribution in [1.29, 1.82) is 0 Å². The SMILES string of the molecule is CCOc1cc(CN2CCC(Nc3nc(Cl)nc4cc(OC)c(OC)cc34)CC2)ccc1OC. The number of nitrogens with zero attached hydrogens (tertiary/aromatic N) is 3. The van der Waals surface area contributed by atoms with Gasteiger partial charge in [-0.15, -0.1) is 0 Å². The first-order chi connectivity index (χ1) is 16.5. The summed E-state index contributed by atoms with van der Waals surface area (Å²) in [4.78, 5) is 11.3. The molecule has 0 aliphatic carbocycles. The Hall–Kier alpha value is -2.97. The Balaban J connectivity index is 1.43. The standard InChI is InChI=1S/C25H31ClN4O4/c1-5-34-23-12-16(6-7-20(23)31-2)15-30-10-8-17(9-11-30)27-24-18-13-21(32-3)22(33-4)14-19(18)28-25(26)29-24/h6-7,12-14,17H,5,8-11,15H2,1-4H3,(H,27,28,29). The molecule has 0 saturated carbocycles. The number of piperidine rings is 1. The molecular formula is C25H31ClN4O4. The highest BCUT2D eigenvalue weighted by Crippen LogP contribution is 2.35. The maximum atomic E-state index is 6.22. The Morgan fingerprint density at radius 2 is 1.65 bits per heavy atom. The Morgan fingerprint density at radius 3 is 2.32 bits per heavy atom. The van der Waals surface area contributed by atoms with E-state index >= 15 is 0 Å². The minimum atomic E-state index is 0.198. The number of hydrogen-bond donors (Lipinski definition) is 1. The zero-order valence-corrected chi connectivity index (χ0v) is 20.8. The third kappa shape index (κ3) is 5.39. The fourth-order valence-corrected chi connectivity index (χ4v) is 4.49. The lowest BCUT2D eigenvalue weighted by Crippen LogP contribution is -2.38. The second-order valence-electron chi connectivity index (χ2n) is 8.18. The molecule has 0 amide bonds. The highest BCUT2D eigenvalue weighted by atomic mass is 35.5. The van der Waals surface area contributed by atoms with Crippen molar-refractivity contribution in [1.82, 2.24) is 14.9 Å². The molecule has 9 heteroatoms. The molecule has 182 valence electrons. The van der Waals surface area contributed by atoms with Crippen LogP contribution in [0.3, 0.4) is 0 Å². The quantitative estimate of drug-likeness (QED) is 0.433. The Bertz CT molecular complexity index is 1140. The van der Waals surface area contributed by atoms with Crippen LogP contribution in [0.1, 0.15) is 25.3 Å². The van der Waals surface area contributed by atoms with Crippen LogP contribution in [0, 0.1) is 0 Å². The van der Waals surface area contributed by atoms with Crippen LogP contribution in [0.4, 0.5) is 5.82 Å². The number of ether oxygens (including phenoxy) is 4. The van der Waals surface area contributed by atoms with Crippen LogP contribution in [-0.4, -0.2) is 61.9 Å². The molecule has 0 bridgehead atoms. The molecule has 1 aromatic heterocycles. The lowest BCUT2D eigenvalue weighted by molar-refractivity contribution is 0.210. The molecule has 1 saturated heterocycles. The molecule has 2 aromatic carbocycles. The van der Waals surface area contributed by atoms with Crippen molar-refractivity contribution in [3.8, 4) is 23.0 Å². The van der Waals surface area contributed by atoms with E-state index in [-0.39, 0.29) is 11.3 Å². The summed E-state index contributed by atoms with van der Waals surface area (Å²) in [6.07, 6.45) is 1.98. The van der Waals surface area contributed by atoms with Crippen molar-refractivity contribution in [3.63, 3.8) is 0 Å². The van der Waals surface area contributed by atoms with Gasteiger partial charge >= 0.3 is 0 Å². The predicted octanol–water partition coefficient (Wildman–Crippen LogP) is 4.78. The summed E-state index contributed by atoms with van der Waals surface area (Å²) in [6.45, 7) is 5.40. The molecule has 8 nitrogen and oxygen atoms in total. The van der Waals surface area contributed by atoms with Gasteiger partial charge in [-0.3, -0.25) is 4.90 Å². The second kappa shape index (κ2) is 11.0. The second-order valence-corrected chi connectivity index (χ2v) is 8.52. The molecule has 1 aliphatic heterocycles. The van der Waals surface area contributed by atoms with Crippen LogP contribution in [0.15, 0.2) is 30.3 Å². The number of hydrogen-bond acceptors (Lipinski definition) is 8. The zero-order chi connectivity index (χ0) is 24.1. The fourth-order valence-electron chi connectivity index (χ4n) is 4.31. The highest BCUT2D eigenvalue weighted by molar-refractivity contribution is 6.28. The number of likely N-dealkylation sites (tertiary alicyclic amines) is 1. The van der Waals surface area contributed by atoms with Crippen molar-refractivity contribution >= 4 is 28.3 Å². The molecule has 2 heterocycles. The minimum absolute atomic E-state index is 0.198. The maximum absolute atomic E-state index is 6.22. The first kappa shape index (κ1) is 24.2. The van der Waals surface area contributed by atoms with Gasteiger partial charge in [-0.2, -0.15) is 0 Å². The summed E-state index contributed by atoms with van der Waals surface area (Å²) in [5, 5.41) is 4.64. The first-order valence-electron chi connectivity index (χ1n) is 11.4. The lowest BCUT2D eigenvalue weighted by Gasteiger charge is -2.33. The van der Waals surface area contributed by atoms with Gasteiger partial charge in [-0.25, -0.2) is 9.97 Å². The average Bonchev–Trinajstić information content (AvgIpc) is 2.84. The molecule has 0 radical (unpaired) electrons. The topological polar surface area (TPSA) is 78.0 Å². The number of fused-ring (bicyclic) bond motifs is 1. The normalized spacial score (nSPS) is 14.7. The summed E-state index contributed by atoms with van der Waals surface area (Å²) >= 11 is 6.22. The van der Waals surface area contributed by atoms with E-state index in [0.29, 0.717) is 29.4 Å². The number of nitrogens with one attached hydrogen (secondary N) is 1. The van der Waals surface area contributed by atoms with Gasteiger partial charge in [0.05, 0.1) is 33.5 Å². The van der Waals surface area contributed by atoms with E-state index in [9.17, 15) is 0 Å². The maximum Gasteiger partial charge on any atom is 0.224 e. The number of halogens is 1. The third-order valence-electron chi connectivity index (χ3n) is 6.04. The smallest absolute Gasteiger partial charge is 0.224 e. The summed E-state index contributed by atoms with van der Waals surface area (Å²) in [6, 6.07) is 10.1. The number of methoxy groups -OCH3 is 3. The van der Waals surface area contributed by atoms with E-state index in [1.165, 1.54) is 5.56 Å². The molecule has 1 fully saturated rings. The largest absolute Gasteiger partial charge is 0.493 e. The Labute approximate surface area is 205 Å². The molecular weight excluding hydrogens is 456 g/mol. The van der Waals surface area contributed by atoms with E-state index in [1.54, 1.807) is 21.3 Å². The van der Waals surface area contributed by atoms with Gasteiger partial charge in [0.25, 0.3) is 0 Å². The van der Waals surface area contributed by atoms with Crippen LogP contribution in [0.25, 0.3) is 10.9 Å². The molecule has 1 aliphatic rings. The zero-order valence-electron chi connectivity index (χ0n) is 20.1. The average molecular weight is 487 g/mol. The Kier molecular flexibility index (Phi) is 7.80. The lowest BCUT2D eigenvalue weighted by atomic mass is 10.0. The minimum Gasteiger partial charge on any atom is -0.493 e. The van der Waals surface area contributed by atoms with E-state index in [0.717, 1.165) is 49.4 Å². The van der Waals surface area contributed by atoms with Crippen LogP contribution >= 0.6 is 11.6 Å². The van der Waals surface area contributed by atoms with Crippen molar-refractivity contribution in [2.75, 3.05) is 46.3 Å². The van der Waals surface area contributed by atoms with Gasteiger partial charge in [0.15, 0.2) is 23.0 Å². The third-order valence-corrected chi connectivity index (χ3v) is 6.21. The van der Waals surface area contributed by atoms with Crippen LogP contribution in [0.2, 0.25) is 5.28 Å². The molecule has 3 aromatic rings. The Morgan fingerprint density at radius 1 is 0.941 bits per heavy atom. The van der Waals surface area contributed by atoms with Gasteiger partial charge in [0, 0.05) is 37.1 Å². The summed E-state index contributed by atoms with van der Waals surface area (Å²) in [5.41, 5.74) is 1.92. The number of benzene rings is 2. The number of rotatable bonds is 9. The summed E-state index contributed by atoms with van der Waals surface area (Å²) in [7, 11) is 4.88. The van der Waals surface area contributed by atoms with Gasteiger partial charge in [0.1, 0.15) is 5.82 Å². The van der Waals surface area contributed by atoms with E-state index in [4.69, 9.17) is 30.5 Å². The molecule has 1 N–H and O–H groups in total. The van der Waals surface area contributed by atoms with Gasteiger partial charge in [0.2, 0.25) is 5.28 Å². The van der Waals surface area contributed by atoms with E-state index in [1.807, 2.05) is 25.1 Å². The van der Waals surface area contributed by atoms with Crippen molar-refractivity contribution in [3.05, 3.63) is 41.2 Å². The number of anilines is 1. The van der Waals surface area contributed by atoms with Gasteiger partial charge in [-0.1, -0.05) is 6.07 Å². The molecule has 4 rings (SSSR count). The van der Waals surface area contributed by atoms with E-state index in [2.05, 4.69) is 32.3 Å². The van der Waals surface area contributed by atoms with Gasteiger partial charge in [-0.05, 0) is 55.1 Å². The molecule has 0 atom stereocenters.